The van der Waals surface area contributed by atoms with Crippen molar-refractivity contribution in [1.29, 1.82) is 0 Å². The summed E-state index contributed by atoms with van der Waals surface area (Å²) in [6.45, 7) is 2.26. The Hall–Kier alpha value is -0.240. The highest BCUT2D eigenvalue weighted by atomic mass is 35.5. The highest BCUT2D eigenvalue weighted by molar-refractivity contribution is 6.36. The fraction of sp³-hybridized carbons (Fsp3) is 0.600. The Labute approximate surface area is 120 Å². The minimum absolute atomic E-state index is 0.125. The van der Waals surface area contributed by atoms with E-state index in [2.05, 4.69) is 6.92 Å². The molecular weight excluding hydrogens is 265 g/mol. The molecule has 0 amide bonds. The number of benzene rings is 1. The van der Waals surface area contributed by atoms with Crippen molar-refractivity contribution in [2.45, 2.75) is 51.0 Å². The molecule has 0 spiro atoms. The minimum Gasteiger partial charge on any atom is -0.325 e. The van der Waals surface area contributed by atoms with E-state index in [0.29, 0.717) is 0 Å². The van der Waals surface area contributed by atoms with Crippen molar-refractivity contribution in [2.75, 3.05) is 0 Å². The summed E-state index contributed by atoms with van der Waals surface area (Å²) < 4.78 is 0. The van der Waals surface area contributed by atoms with E-state index in [1.807, 2.05) is 18.2 Å². The third-order valence-corrected chi connectivity index (χ3v) is 4.98. The smallest absolute Gasteiger partial charge is 0.0453 e. The molecule has 1 nitrogen and oxygen atoms in total. The van der Waals surface area contributed by atoms with Gasteiger partial charge >= 0.3 is 0 Å². The molecule has 0 aromatic heterocycles. The first-order chi connectivity index (χ1) is 8.54. The first kappa shape index (κ1) is 14.2. The monoisotopic (exact) mass is 285 g/mol. The molecule has 0 radical (unpaired) electrons. The van der Waals surface area contributed by atoms with Gasteiger partial charge < -0.3 is 5.73 Å². The maximum absolute atomic E-state index is 6.53. The van der Waals surface area contributed by atoms with Gasteiger partial charge in [0.05, 0.1) is 0 Å². The molecule has 1 aliphatic carbocycles. The second kappa shape index (κ2) is 5.81. The van der Waals surface area contributed by atoms with Crippen molar-refractivity contribution in [3.05, 3.63) is 33.8 Å². The van der Waals surface area contributed by atoms with Crippen LogP contribution in [0.15, 0.2) is 18.2 Å². The maximum atomic E-state index is 6.53. The van der Waals surface area contributed by atoms with E-state index in [-0.39, 0.29) is 5.54 Å². The lowest BCUT2D eigenvalue weighted by molar-refractivity contribution is 0.228. The summed E-state index contributed by atoms with van der Waals surface area (Å²) in [5, 5.41) is 1.48. The quantitative estimate of drug-likeness (QED) is 0.845. The summed E-state index contributed by atoms with van der Waals surface area (Å²) >= 11 is 12.5. The van der Waals surface area contributed by atoms with E-state index < -0.39 is 0 Å². The molecule has 18 heavy (non-hydrogen) atoms. The lowest BCUT2D eigenvalue weighted by Gasteiger charge is -2.37. The zero-order valence-corrected chi connectivity index (χ0v) is 12.4. The van der Waals surface area contributed by atoms with E-state index in [9.17, 15) is 0 Å². The molecule has 100 valence electrons. The molecule has 0 bridgehead atoms. The summed E-state index contributed by atoms with van der Waals surface area (Å²) in [7, 11) is 0. The molecule has 0 saturated heterocycles. The van der Waals surface area contributed by atoms with E-state index in [1.54, 1.807) is 0 Å². The summed E-state index contributed by atoms with van der Waals surface area (Å²) in [6, 6.07) is 5.67. The van der Waals surface area contributed by atoms with Crippen LogP contribution in [0.3, 0.4) is 0 Å². The van der Waals surface area contributed by atoms with Gasteiger partial charge in [0.15, 0.2) is 0 Å². The molecule has 2 rings (SSSR count). The third-order valence-electron chi connectivity index (χ3n) is 4.27. The lowest BCUT2D eigenvalue weighted by Crippen LogP contribution is -2.45. The van der Waals surface area contributed by atoms with Crippen LogP contribution in [0, 0.1) is 5.92 Å². The van der Waals surface area contributed by atoms with Gasteiger partial charge in [-0.15, -0.1) is 0 Å². The zero-order valence-electron chi connectivity index (χ0n) is 10.9. The van der Waals surface area contributed by atoms with E-state index in [4.69, 9.17) is 28.9 Å². The van der Waals surface area contributed by atoms with Crippen molar-refractivity contribution >= 4 is 23.2 Å². The molecule has 0 heterocycles. The van der Waals surface area contributed by atoms with Gasteiger partial charge in [0, 0.05) is 15.6 Å². The Bertz CT molecular complexity index is 389. The SMILES string of the molecule is CCC1CCC(N)(Cc2c(Cl)cccc2Cl)CC1. The molecule has 2 N–H and O–H groups in total. The van der Waals surface area contributed by atoms with Crippen LogP contribution in [0.1, 0.15) is 44.6 Å². The molecule has 0 aliphatic heterocycles. The fourth-order valence-electron chi connectivity index (χ4n) is 2.89. The summed E-state index contributed by atoms with van der Waals surface area (Å²) in [5.41, 5.74) is 7.42. The van der Waals surface area contributed by atoms with Crippen molar-refractivity contribution in [3.8, 4) is 0 Å². The highest BCUT2D eigenvalue weighted by Gasteiger charge is 2.32. The number of rotatable bonds is 3. The van der Waals surface area contributed by atoms with Crippen molar-refractivity contribution in [2.24, 2.45) is 11.7 Å². The minimum atomic E-state index is -0.125. The third kappa shape index (κ3) is 3.20. The van der Waals surface area contributed by atoms with Crippen LogP contribution in [0.4, 0.5) is 0 Å². The van der Waals surface area contributed by atoms with Crippen molar-refractivity contribution in [1.82, 2.24) is 0 Å². The highest BCUT2D eigenvalue weighted by Crippen LogP contribution is 2.37. The Morgan fingerprint density at radius 1 is 1.22 bits per heavy atom. The van der Waals surface area contributed by atoms with Gasteiger partial charge in [-0.25, -0.2) is 0 Å². The van der Waals surface area contributed by atoms with Crippen molar-refractivity contribution < 1.29 is 0 Å². The molecule has 1 aliphatic rings. The van der Waals surface area contributed by atoms with Gasteiger partial charge in [-0.1, -0.05) is 42.6 Å². The van der Waals surface area contributed by atoms with Crippen LogP contribution in [0.5, 0.6) is 0 Å². The molecule has 1 saturated carbocycles. The Morgan fingerprint density at radius 2 is 1.78 bits per heavy atom. The van der Waals surface area contributed by atoms with Gasteiger partial charge in [0.25, 0.3) is 0 Å². The van der Waals surface area contributed by atoms with Crippen molar-refractivity contribution in [3.63, 3.8) is 0 Å². The predicted octanol–water partition coefficient (Wildman–Crippen LogP) is 4.83. The summed E-state index contributed by atoms with van der Waals surface area (Å²) in [5.74, 6) is 0.850. The summed E-state index contributed by atoms with van der Waals surface area (Å²) in [6.07, 6.45) is 6.68. The predicted molar refractivity (Wildman–Crippen MR) is 79.3 cm³/mol. The first-order valence-electron chi connectivity index (χ1n) is 6.76. The molecule has 1 fully saturated rings. The van der Waals surface area contributed by atoms with Gasteiger partial charge in [-0.3, -0.25) is 0 Å². The van der Waals surface area contributed by atoms with Gasteiger partial charge in [0.1, 0.15) is 0 Å². The Kier molecular flexibility index (Phi) is 4.58. The normalized spacial score (nSPS) is 28.3. The van der Waals surface area contributed by atoms with Gasteiger partial charge in [-0.2, -0.15) is 0 Å². The largest absolute Gasteiger partial charge is 0.325 e. The topological polar surface area (TPSA) is 26.0 Å². The average molecular weight is 286 g/mol. The van der Waals surface area contributed by atoms with Crippen LogP contribution in [0.2, 0.25) is 10.0 Å². The number of halogens is 2. The Balaban J connectivity index is 2.09. The molecule has 0 atom stereocenters. The average Bonchev–Trinajstić information content (AvgIpc) is 2.35. The number of hydrogen-bond donors (Lipinski definition) is 1. The van der Waals surface area contributed by atoms with Crippen LogP contribution in [0.25, 0.3) is 0 Å². The fourth-order valence-corrected chi connectivity index (χ4v) is 3.42. The van der Waals surface area contributed by atoms with E-state index >= 15 is 0 Å². The van der Waals surface area contributed by atoms with Gasteiger partial charge in [-0.05, 0) is 55.7 Å². The van der Waals surface area contributed by atoms with Crippen LogP contribution in [-0.4, -0.2) is 5.54 Å². The van der Waals surface area contributed by atoms with Crippen LogP contribution < -0.4 is 5.73 Å². The lowest BCUT2D eigenvalue weighted by atomic mass is 9.73. The molecule has 0 unspecified atom stereocenters. The second-order valence-electron chi connectivity index (χ2n) is 5.59. The maximum Gasteiger partial charge on any atom is 0.0453 e. The standard InChI is InChI=1S/C15H21Cl2N/c1-2-11-6-8-15(18,9-7-11)10-12-13(16)4-3-5-14(12)17/h3-5,11H,2,6-10,18H2,1H3. The summed E-state index contributed by atoms with van der Waals surface area (Å²) in [4.78, 5) is 0. The van der Waals surface area contributed by atoms with E-state index in [0.717, 1.165) is 40.8 Å². The second-order valence-corrected chi connectivity index (χ2v) is 6.41. The molecular formula is C15H21Cl2N. The van der Waals surface area contributed by atoms with Crippen LogP contribution in [-0.2, 0) is 6.42 Å². The zero-order chi connectivity index (χ0) is 13.2. The van der Waals surface area contributed by atoms with Crippen LogP contribution >= 0.6 is 23.2 Å². The Morgan fingerprint density at radius 3 is 2.28 bits per heavy atom. The molecule has 1 aromatic rings. The van der Waals surface area contributed by atoms with E-state index in [1.165, 1.54) is 19.3 Å². The molecule has 1 aromatic carbocycles. The first-order valence-corrected chi connectivity index (χ1v) is 7.51. The van der Waals surface area contributed by atoms with Gasteiger partial charge in [0.2, 0.25) is 0 Å². The number of hydrogen-bond acceptors (Lipinski definition) is 1. The molecule has 3 heteroatoms. The number of nitrogens with two attached hydrogens (primary N) is 1.